The van der Waals surface area contributed by atoms with Crippen molar-refractivity contribution in [2.75, 3.05) is 6.54 Å². The van der Waals surface area contributed by atoms with Gasteiger partial charge in [0.15, 0.2) is 0 Å². The summed E-state index contributed by atoms with van der Waals surface area (Å²) in [4.78, 5) is 36.8. The van der Waals surface area contributed by atoms with Crippen molar-refractivity contribution >= 4 is 23.9 Å². The molecule has 1 aliphatic heterocycles. The number of carbonyl (C=O) groups is 3. The lowest BCUT2D eigenvalue weighted by atomic mass is 9.95. The van der Waals surface area contributed by atoms with Crippen LogP contribution in [0.1, 0.15) is 30.0 Å². The molecule has 0 bridgehead atoms. The second-order valence-electron chi connectivity index (χ2n) is 6.11. The number of hydrogen-bond acceptors (Lipinski definition) is 5. The van der Waals surface area contributed by atoms with E-state index in [0.717, 1.165) is 4.90 Å². The highest BCUT2D eigenvalue weighted by Gasteiger charge is 2.34. The standard InChI is InChI=1S/C21H16N2O5/c1-3-23-19(24)16(12(2)17(11-22)20(23)25)10-15-8-9-18(28-15)13-4-6-14(7-5-13)21(26)27/h4-10H,3H2,1-2H3,(H,26,27). The third-order valence-electron chi connectivity index (χ3n) is 4.47. The van der Waals surface area contributed by atoms with Crippen LogP contribution in [-0.4, -0.2) is 34.3 Å². The van der Waals surface area contributed by atoms with E-state index in [1.165, 1.54) is 18.2 Å². The zero-order chi connectivity index (χ0) is 20.4. The predicted octanol–water partition coefficient (Wildman–Crippen LogP) is 3.26. The minimum absolute atomic E-state index is 0.0660. The molecule has 140 valence electrons. The van der Waals surface area contributed by atoms with Crippen molar-refractivity contribution in [3.8, 4) is 17.4 Å². The minimum atomic E-state index is -1.02. The molecule has 2 amide bonds. The van der Waals surface area contributed by atoms with E-state index in [1.807, 2.05) is 6.07 Å². The average Bonchev–Trinajstić information content (AvgIpc) is 3.15. The van der Waals surface area contributed by atoms with Crippen LogP contribution in [0.2, 0.25) is 0 Å². The van der Waals surface area contributed by atoms with Crippen LogP contribution in [0.5, 0.6) is 0 Å². The lowest BCUT2D eigenvalue weighted by Crippen LogP contribution is -2.42. The van der Waals surface area contributed by atoms with Gasteiger partial charge in [-0.25, -0.2) is 4.79 Å². The van der Waals surface area contributed by atoms with Crippen molar-refractivity contribution < 1.29 is 23.9 Å². The first kappa shape index (κ1) is 18.9. The number of nitriles is 1. The fraction of sp³-hybridized carbons (Fsp3) is 0.143. The molecule has 0 spiro atoms. The second kappa shape index (κ2) is 7.37. The van der Waals surface area contributed by atoms with E-state index in [-0.39, 0.29) is 23.3 Å². The summed E-state index contributed by atoms with van der Waals surface area (Å²) in [5, 5.41) is 18.2. The molecule has 28 heavy (non-hydrogen) atoms. The Morgan fingerprint density at radius 2 is 1.86 bits per heavy atom. The molecular weight excluding hydrogens is 360 g/mol. The van der Waals surface area contributed by atoms with Crippen LogP contribution in [0.15, 0.2) is 57.5 Å². The Hall–Kier alpha value is -3.92. The predicted molar refractivity (Wildman–Crippen MR) is 99.8 cm³/mol. The lowest BCUT2D eigenvalue weighted by Gasteiger charge is -2.25. The molecule has 7 heteroatoms. The van der Waals surface area contributed by atoms with Crippen LogP contribution in [0.25, 0.3) is 17.4 Å². The van der Waals surface area contributed by atoms with Gasteiger partial charge < -0.3 is 9.52 Å². The summed E-state index contributed by atoms with van der Waals surface area (Å²) in [5.41, 5.74) is 1.31. The molecule has 0 saturated heterocycles. The van der Waals surface area contributed by atoms with Gasteiger partial charge >= 0.3 is 5.97 Å². The summed E-state index contributed by atoms with van der Waals surface area (Å²) >= 11 is 0. The first-order valence-corrected chi connectivity index (χ1v) is 8.50. The highest BCUT2D eigenvalue weighted by atomic mass is 16.4. The van der Waals surface area contributed by atoms with Gasteiger partial charge in [-0.2, -0.15) is 5.26 Å². The van der Waals surface area contributed by atoms with E-state index in [2.05, 4.69) is 0 Å². The topological polar surface area (TPSA) is 112 Å². The maximum absolute atomic E-state index is 12.6. The Labute approximate surface area is 160 Å². The first-order valence-electron chi connectivity index (χ1n) is 8.50. The van der Waals surface area contributed by atoms with Crippen LogP contribution >= 0.6 is 0 Å². The highest BCUT2D eigenvalue weighted by molar-refractivity contribution is 6.19. The van der Waals surface area contributed by atoms with Gasteiger partial charge in [0.1, 0.15) is 23.2 Å². The van der Waals surface area contributed by atoms with Crippen LogP contribution in [0, 0.1) is 11.3 Å². The van der Waals surface area contributed by atoms with Gasteiger partial charge in [-0.05, 0) is 49.8 Å². The van der Waals surface area contributed by atoms with Crippen LogP contribution < -0.4 is 0 Å². The van der Waals surface area contributed by atoms with Crippen LogP contribution in [0.4, 0.5) is 0 Å². The first-order chi connectivity index (χ1) is 13.4. The fourth-order valence-corrected chi connectivity index (χ4v) is 2.92. The summed E-state index contributed by atoms with van der Waals surface area (Å²) in [6, 6.07) is 11.4. The quantitative estimate of drug-likeness (QED) is 0.647. The Kier molecular flexibility index (Phi) is 4.96. The third-order valence-corrected chi connectivity index (χ3v) is 4.47. The molecule has 3 rings (SSSR count). The van der Waals surface area contributed by atoms with Crippen molar-refractivity contribution in [1.82, 2.24) is 4.90 Å². The molecule has 2 heterocycles. The zero-order valence-corrected chi connectivity index (χ0v) is 15.2. The Morgan fingerprint density at radius 3 is 2.43 bits per heavy atom. The minimum Gasteiger partial charge on any atom is -0.478 e. The molecular formula is C21H16N2O5. The molecule has 1 aliphatic rings. The monoisotopic (exact) mass is 376 g/mol. The molecule has 2 aromatic rings. The van der Waals surface area contributed by atoms with Gasteiger partial charge in [-0.1, -0.05) is 12.1 Å². The molecule has 0 atom stereocenters. The summed E-state index contributed by atoms with van der Waals surface area (Å²) in [5.74, 6) is -1.21. The molecule has 1 aromatic carbocycles. The number of carbonyl (C=O) groups excluding carboxylic acids is 2. The SMILES string of the molecule is CCN1C(=O)C(=Cc2ccc(-c3ccc(C(=O)O)cc3)o2)C(C)=C(C#N)C1=O. The number of nitrogens with zero attached hydrogens (tertiary/aromatic N) is 2. The summed E-state index contributed by atoms with van der Waals surface area (Å²) in [7, 11) is 0. The molecule has 0 unspecified atom stereocenters. The van der Waals surface area contributed by atoms with E-state index >= 15 is 0 Å². The Bertz CT molecular complexity index is 1080. The maximum atomic E-state index is 12.6. The molecule has 0 fully saturated rings. The van der Waals surface area contributed by atoms with Crippen LogP contribution in [0.3, 0.4) is 0 Å². The number of aromatic carboxylic acids is 1. The molecule has 1 N–H and O–H groups in total. The van der Waals surface area contributed by atoms with E-state index < -0.39 is 17.8 Å². The fourth-order valence-electron chi connectivity index (χ4n) is 2.92. The zero-order valence-electron chi connectivity index (χ0n) is 15.2. The third kappa shape index (κ3) is 3.23. The molecule has 0 aliphatic carbocycles. The Balaban J connectivity index is 1.99. The van der Waals surface area contributed by atoms with Gasteiger partial charge in [0, 0.05) is 17.7 Å². The number of imide groups is 1. The maximum Gasteiger partial charge on any atom is 0.335 e. The summed E-state index contributed by atoms with van der Waals surface area (Å²) in [6.45, 7) is 3.38. The van der Waals surface area contributed by atoms with Gasteiger partial charge in [0.25, 0.3) is 11.8 Å². The number of benzene rings is 1. The van der Waals surface area contributed by atoms with E-state index in [1.54, 1.807) is 38.1 Å². The molecule has 7 nitrogen and oxygen atoms in total. The number of carboxylic acid groups (broad SMARTS) is 1. The van der Waals surface area contributed by atoms with E-state index in [4.69, 9.17) is 9.52 Å². The van der Waals surface area contributed by atoms with Crippen LogP contribution in [-0.2, 0) is 9.59 Å². The Morgan fingerprint density at radius 1 is 1.18 bits per heavy atom. The van der Waals surface area contributed by atoms with Crippen molar-refractivity contribution in [1.29, 1.82) is 5.26 Å². The van der Waals surface area contributed by atoms with Gasteiger partial charge in [-0.3, -0.25) is 14.5 Å². The van der Waals surface area contributed by atoms with E-state index in [0.29, 0.717) is 22.7 Å². The second-order valence-corrected chi connectivity index (χ2v) is 6.11. The van der Waals surface area contributed by atoms with Gasteiger partial charge in [0.05, 0.1) is 5.56 Å². The number of carboxylic acids is 1. The highest BCUT2D eigenvalue weighted by Crippen LogP contribution is 2.29. The van der Waals surface area contributed by atoms with Gasteiger partial charge in [0.2, 0.25) is 0 Å². The van der Waals surface area contributed by atoms with Gasteiger partial charge in [-0.15, -0.1) is 0 Å². The number of likely N-dealkylation sites (N-methyl/N-ethyl adjacent to an activating group) is 1. The summed E-state index contributed by atoms with van der Waals surface area (Å²) < 4.78 is 5.75. The van der Waals surface area contributed by atoms with E-state index in [9.17, 15) is 19.6 Å². The molecule has 0 saturated carbocycles. The number of furan rings is 1. The molecule has 1 aromatic heterocycles. The normalized spacial score (nSPS) is 15.9. The number of amides is 2. The number of rotatable bonds is 4. The number of hydrogen-bond donors (Lipinski definition) is 1. The van der Waals surface area contributed by atoms with Crippen molar-refractivity contribution in [2.24, 2.45) is 0 Å². The van der Waals surface area contributed by atoms with Crippen molar-refractivity contribution in [3.63, 3.8) is 0 Å². The molecule has 0 radical (unpaired) electrons. The smallest absolute Gasteiger partial charge is 0.335 e. The summed E-state index contributed by atoms with van der Waals surface area (Å²) in [6.07, 6.45) is 1.50. The van der Waals surface area contributed by atoms with Crippen molar-refractivity contribution in [2.45, 2.75) is 13.8 Å². The lowest BCUT2D eigenvalue weighted by molar-refractivity contribution is -0.140. The largest absolute Gasteiger partial charge is 0.478 e. The van der Waals surface area contributed by atoms with Crippen molar-refractivity contribution in [3.05, 3.63) is 64.4 Å². The average molecular weight is 376 g/mol.